The first-order valence-electron chi connectivity index (χ1n) is 7.45. The number of benzene rings is 1. The molecule has 1 aliphatic rings. The quantitative estimate of drug-likeness (QED) is 0.867. The average molecular weight is 331 g/mol. The molecule has 1 atom stereocenters. The van der Waals surface area contributed by atoms with Gasteiger partial charge < -0.3 is 10.2 Å². The lowest BCUT2D eigenvalue weighted by molar-refractivity contribution is -0.133. The highest BCUT2D eigenvalue weighted by molar-refractivity contribution is 6.30. The van der Waals surface area contributed by atoms with E-state index in [1.807, 2.05) is 24.3 Å². The van der Waals surface area contributed by atoms with Crippen molar-refractivity contribution < 1.29 is 4.79 Å². The number of nitrogens with zero attached hydrogens (tertiary/aromatic N) is 1. The second-order valence-corrected chi connectivity index (χ2v) is 5.80. The fourth-order valence-corrected chi connectivity index (χ4v) is 2.83. The average Bonchev–Trinajstić information content (AvgIpc) is 2.97. The van der Waals surface area contributed by atoms with E-state index < -0.39 is 0 Å². The minimum atomic E-state index is 0. The molecule has 1 aromatic carbocycles. The molecule has 1 amide bonds. The van der Waals surface area contributed by atoms with Crippen LogP contribution in [0.5, 0.6) is 0 Å². The SMILES string of the molecule is CCCN(C(=O)CCc1ccc(Cl)cc1)C1CCNC1.Cl. The minimum absolute atomic E-state index is 0. The molecule has 5 heteroatoms. The third-order valence-electron chi connectivity index (χ3n) is 3.80. The molecule has 1 heterocycles. The summed E-state index contributed by atoms with van der Waals surface area (Å²) in [6.07, 6.45) is 3.46. The summed E-state index contributed by atoms with van der Waals surface area (Å²) >= 11 is 5.87. The summed E-state index contributed by atoms with van der Waals surface area (Å²) in [7, 11) is 0. The van der Waals surface area contributed by atoms with E-state index >= 15 is 0 Å². The Balaban J connectivity index is 0.00000220. The smallest absolute Gasteiger partial charge is 0.223 e. The number of halogens is 2. The zero-order valence-electron chi connectivity index (χ0n) is 12.5. The van der Waals surface area contributed by atoms with E-state index in [1.165, 1.54) is 5.56 Å². The number of hydrogen-bond acceptors (Lipinski definition) is 2. The van der Waals surface area contributed by atoms with E-state index in [0.29, 0.717) is 12.5 Å². The number of carbonyl (C=O) groups excluding carboxylic acids is 1. The van der Waals surface area contributed by atoms with E-state index in [9.17, 15) is 4.79 Å². The van der Waals surface area contributed by atoms with Crippen LogP contribution < -0.4 is 5.32 Å². The van der Waals surface area contributed by atoms with Gasteiger partial charge in [0.2, 0.25) is 5.91 Å². The van der Waals surface area contributed by atoms with Gasteiger partial charge in [-0.15, -0.1) is 12.4 Å². The van der Waals surface area contributed by atoms with Gasteiger partial charge in [0.1, 0.15) is 0 Å². The van der Waals surface area contributed by atoms with Crippen molar-refractivity contribution in [2.75, 3.05) is 19.6 Å². The van der Waals surface area contributed by atoms with Crippen LogP contribution in [0.3, 0.4) is 0 Å². The molecule has 2 rings (SSSR count). The second kappa shape index (κ2) is 9.29. The van der Waals surface area contributed by atoms with Crippen LogP contribution in [0.15, 0.2) is 24.3 Å². The normalized spacial score (nSPS) is 17.3. The third kappa shape index (κ3) is 5.50. The molecule has 0 bridgehead atoms. The van der Waals surface area contributed by atoms with Crippen LogP contribution in [0, 0.1) is 0 Å². The van der Waals surface area contributed by atoms with Gasteiger partial charge in [-0.3, -0.25) is 4.79 Å². The van der Waals surface area contributed by atoms with E-state index in [2.05, 4.69) is 17.1 Å². The highest BCUT2D eigenvalue weighted by atomic mass is 35.5. The van der Waals surface area contributed by atoms with Gasteiger partial charge in [0.25, 0.3) is 0 Å². The van der Waals surface area contributed by atoms with Crippen molar-refractivity contribution >= 4 is 29.9 Å². The molecular weight excluding hydrogens is 307 g/mol. The van der Waals surface area contributed by atoms with Crippen LogP contribution in [0.2, 0.25) is 5.02 Å². The molecule has 0 saturated carbocycles. The first kappa shape index (κ1) is 18.3. The number of amides is 1. The van der Waals surface area contributed by atoms with E-state index in [1.54, 1.807) is 0 Å². The summed E-state index contributed by atoms with van der Waals surface area (Å²) in [5, 5.41) is 4.08. The molecule has 0 aliphatic carbocycles. The standard InChI is InChI=1S/C16H23ClN2O.ClH/c1-2-11-19(15-9-10-18-12-15)16(20)8-5-13-3-6-14(17)7-4-13;/h3-4,6-7,15,18H,2,5,8-12H2,1H3;1H. The first-order valence-corrected chi connectivity index (χ1v) is 7.83. The molecule has 0 radical (unpaired) electrons. The van der Waals surface area contributed by atoms with Crippen LogP contribution in [0.1, 0.15) is 31.7 Å². The van der Waals surface area contributed by atoms with Crippen molar-refractivity contribution in [1.29, 1.82) is 0 Å². The molecule has 3 nitrogen and oxygen atoms in total. The van der Waals surface area contributed by atoms with E-state index in [0.717, 1.165) is 43.9 Å². The van der Waals surface area contributed by atoms with Crippen molar-refractivity contribution in [3.05, 3.63) is 34.9 Å². The maximum atomic E-state index is 12.4. The summed E-state index contributed by atoms with van der Waals surface area (Å²) in [6.45, 7) is 4.95. The lowest BCUT2D eigenvalue weighted by Gasteiger charge is -2.28. The number of carbonyl (C=O) groups is 1. The Morgan fingerprint density at radius 3 is 2.67 bits per heavy atom. The molecule has 21 heavy (non-hydrogen) atoms. The predicted octanol–water partition coefficient (Wildman–Crippen LogP) is 3.29. The Bertz CT molecular complexity index is 430. The van der Waals surface area contributed by atoms with E-state index in [4.69, 9.17) is 11.6 Å². The summed E-state index contributed by atoms with van der Waals surface area (Å²) < 4.78 is 0. The molecule has 0 spiro atoms. The van der Waals surface area contributed by atoms with Crippen molar-refractivity contribution in [3.63, 3.8) is 0 Å². The van der Waals surface area contributed by atoms with Crippen molar-refractivity contribution in [1.82, 2.24) is 10.2 Å². The molecule has 1 saturated heterocycles. The van der Waals surface area contributed by atoms with Gasteiger partial charge in [-0.1, -0.05) is 30.7 Å². The summed E-state index contributed by atoms with van der Waals surface area (Å²) in [6, 6.07) is 8.14. The monoisotopic (exact) mass is 330 g/mol. The highest BCUT2D eigenvalue weighted by Crippen LogP contribution is 2.14. The Morgan fingerprint density at radius 1 is 1.38 bits per heavy atom. The highest BCUT2D eigenvalue weighted by Gasteiger charge is 2.25. The summed E-state index contributed by atoms with van der Waals surface area (Å²) in [5.74, 6) is 0.274. The fraction of sp³-hybridized carbons (Fsp3) is 0.562. The van der Waals surface area contributed by atoms with Crippen molar-refractivity contribution in [3.8, 4) is 0 Å². The number of aryl methyl sites for hydroxylation is 1. The van der Waals surface area contributed by atoms with Gasteiger partial charge in [0, 0.05) is 30.6 Å². The van der Waals surface area contributed by atoms with Crippen LogP contribution in [0.25, 0.3) is 0 Å². The number of rotatable bonds is 6. The van der Waals surface area contributed by atoms with Crippen LogP contribution >= 0.6 is 24.0 Å². The first-order chi connectivity index (χ1) is 9.70. The Hall–Kier alpha value is -0.770. The lowest BCUT2D eigenvalue weighted by Crippen LogP contribution is -2.42. The molecule has 118 valence electrons. The molecule has 1 aliphatic heterocycles. The van der Waals surface area contributed by atoms with Gasteiger partial charge in [-0.05, 0) is 43.5 Å². The predicted molar refractivity (Wildman–Crippen MR) is 90.3 cm³/mol. The van der Waals surface area contributed by atoms with Crippen molar-refractivity contribution in [2.24, 2.45) is 0 Å². The van der Waals surface area contributed by atoms with Crippen molar-refractivity contribution in [2.45, 2.75) is 38.6 Å². The van der Waals surface area contributed by atoms with Gasteiger partial charge in [0.15, 0.2) is 0 Å². The number of hydrogen-bond donors (Lipinski definition) is 1. The van der Waals surface area contributed by atoms with Gasteiger partial charge in [-0.25, -0.2) is 0 Å². The summed E-state index contributed by atoms with van der Waals surface area (Å²) in [4.78, 5) is 14.5. The maximum absolute atomic E-state index is 12.4. The molecule has 0 aromatic heterocycles. The minimum Gasteiger partial charge on any atom is -0.338 e. The third-order valence-corrected chi connectivity index (χ3v) is 4.05. The maximum Gasteiger partial charge on any atom is 0.223 e. The molecule has 1 fully saturated rings. The topological polar surface area (TPSA) is 32.3 Å². The van der Waals surface area contributed by atoms with Gasteiger partial charge in [0.05, 0.1) is 0 Å². The van der Waals surface area contributed by atoms with E-state index in [-0.39, 0.29) is 18.3 Å². The van der Waals surface area contributed by atoms with Crippen LogP contribution in [-0.4, -0.2) is 36.5 Å². The number of nitrogens with one attached hydrogen (secondary N) is 1. The zero-order valence-corrected chi connectivity index (χ0v) is 14.1. The second-order valence-electron chi connectivity index (χ2n) is 5.36. The Morgan fingerprint density at radius 2 is 2.10 bits per heavy atom. The van der Waals surface area contributed by atoms with Gasteiger partial charge in [-0.2, -0.15) is 0 Å². The van der Waals surface area contributed by atoms with Crippen LogP contribution in [0.4, 0.5) is 0 Å². The Labute approximate surface area is 138 Å². The fourth-order valence-electron chi connectivity index (χ4n) is 2.70. The largest absolute Gasteiger partial charge is 0.338 e. The zero-order chi connectivity index (χ0) is 14.4. The van der Waals surface area contributed by atoms with Crippen LogP contribution in [-0.2, 0) is 11.2 Å². The molecule has 1 N–H and O–H groups in total. The van der Waals surface area contributed by atoms with Gasteiger partial charge >= 0.3 is 0 Å². The Kier molecular flexibility index (Phi) is 8.09. The lowest BCUT2D eigenvalue weighted by atomic mass is 10.1. The summed E-state index contributed by atoms with van der Waals surface area (Å²) in [5.41, 5.74) is 1.17. The molecular formula is C16H24Cl2N2O. The molecule has 1 unspecified atom stereocenters. The molecule has 1 aromatic rings.